The van der Waals surface area contributed by atoms with Gasteiger partial charge in [0.05, 0.1) is 4.92 Å². The van der Waals surface area contributed by atoms with Crippen LogP contribution < -0.4 is 0 Å². The molecule has 3 nitrogen and oxygen atoms in total. The summed E-state index contributed by atoms with van der Waals surface area (Å²) in [5.74, 6) is 0.527. The number of aryl methyl sites for hydroxylation is 1. The number of nitro benzene ring substituents is 1. The van der Waals surface area contributed by atoms with E-state index >= 15 is 0 Å². The number of benzene rings is 1. The van der Waals surface area contributed by atoms with Crippen LogP contribution in [0.2, 0.25) is 5.02 Å². The monoisotopic (exact) mass is 279 g/mol. The van der Waals surface area contributed by atoms with E-state index in [9.17, 15) is 10.1 Å². The molecule has 6 heteroatoms. The first-order valence-corrected chi connectivity index (χ1v) is 6.42. The molecular formula is C10H11Cl2NO2S. The van der Waals surface area contributed by atoms with Gasteiger partial charge in [-0.15, -0.1) is 23.4 Å². The van der Waals surface area contributed by atoms with Crippen LogP contribution in [-0.4, -0.2) is 16.1 Å². The van der Waals surface area contributed by atoms with Crippen molar-refractivity contribution in [3.8, 4) is 0 Å². The first-order valence-electron chi connectivity index (χ1n) is 4.63. The summed E-state index contributed by atoms with van der Waals surface area (Å²) in [5.41, 5.74) is 0.792. The molecule has 0 saturated heterocycles. The zero-order valence-electron chi connectivity index (χ0n) is 8.87. The lowest BCUT2D eigenvalue weighted by molar-refractivity contribution is -0.384. The third-order valence-electron chi connectivity index (χ3n) is 1.99. The van der Waals surface area contributed by atoms with Gasteiger partial charge in [-0.05, 0) is 18.6 Å². The zero-order valence-corrected chi connectivity index (χ0v) is 11.2. The Morgan fingerprint density at radius 1 is 1.56 bits per heavy atom. The van der Waals surface area contributed by atoms with Gasteiger partial charge in [0, 0.05) is 22.1 Å². The van der Waals surface area contributed by atoms with Crippen molar-refractivity contribution < 1.29 is 4.92 Å². The molecule has 1 unspecified atom stereocenters. The van der Waals surface area contributed by atoms with Gasteiger partial charge in [0.25, 0.3) is 5.69 Å². The first kappa shape index (κ1) is 13.6. The SMILES string of the molecule is Cc1cc([N+](=O)[O-])c(Cl)cc1SC(C)CCl. The topological polar surface area (TPSA) is 43.1 Å². The van der Waals surface area contributed by atoms with Crippen LogP contribution in [0, 0.1) is 17.0 Å². The molecule has 0 fully saturated rings. The van der Waals surface area contributed by atoms with E-state index in [4.69, 9.17) is 23.2 Å². The van der Waals surface area contributed by atoms with Gasteiger partial charge in [-0.1, -0.05) is 18.5 Å². The number of nitro groups is 1. The van der Waals surface area contributed by atoms with Gasteiger partial charge in [-0.3, -0.25) is 10.1 Å². The lowest BCUT2D eigenvalue weighted by Gasteiger charge is -2.10. The molecular weight excluding hydrogens is 269 g/mol. The number of hydrogen-bond donors (Lipinski definition) is 0. The van der Waals surface area contributed by atoms with E-state index in [0.717, 1.165) is 10.5 Å². The van der Waals surface area contributed by atoms with Crippen LogP contribution in [-0.2, 0) is 0 Å². The highest BCUT2D eigenvalue weighted by Gasteiger charge is 2.16. The molecule has 0 aromatic heterocycles. The van der Waals surface area contributed by atoms with E-state index in [-0.39, 0.29) is 16.0 Å². The number of rotatable bonds is 4. The third-order valence-corrected chi connectivity index (χ3v) is 4.20. The summed E-state index contributed by atoms with van der Waals surface area (Å²) in [5, 5.41) is 11.1. The Balaban J connectivity index is 3.05. The summed E-state index contributed by atoms with van der Waals surface area (Å²) in [4.78, 5) is 11.1. The molecule has 0 N–H and O–H groups in total. The van der Waals surface area contributed by atoms with Crippen molar-refractivity contribution >= 4 is 40.7 Å². The van der Waals surface area contributed by atoms with Crippen LogP contribution in [0.5, 0.6) is 0 Å². The average molecular weight is 280 g/mol. The fourth-order valence-corrected chi connectivity index (χ4v) is 2.58. The molecule has 0 aliphatic carbocycles. The van der Waals surface area contributed by atoms with E-state index in [1.54, 1.807) is 17.8 Å². The van der Waals surface area contributed by atoms with E-state index < -0.39 is 4.92 Å². The predicted molar refractivity (Wildman–Crippen MR) is 68.9 cm³/mol. The van der Waals surface area contributed by atoms with E-state index in [1.807, 2.05) is 13.8 Å². The number of thioether (sulfide) groups is 1. The highest BCUT2D eigenvalue weighted by molar-refractivity contribution is 8.00. The van der Waals surface area contributed by atoms with Crippen LogP contribution >= 0.6 is 35.0 Å². The number of halogens is 2. The van der Waals surface area contributed by atoms with Crippen molar-refractivity contribution in [1.82, 2.24) is 0 Å². The minimum absolute atomic E-state index is 0.0537. The second kappa shape index (κ2) is 5.75. The normalized spacial score (nSPS) is 12.5. The van der Waals surface area contributed by atoms with E-state index in [2.05, 4.69) is 0 Å². The van der Waals surface area contributed by atoms with Crippen LogP contribution in [0.4, 0.5) is 5.69 Å². The Kier molecular flexibility index (Phi) is 4.89. The van der Waals surface area contributed by atoms with E-state index in [1.165, 1.54) is 6.07 Å². The van der Waals surface area contributed by atoms with Crippen molar-refractivity contribution in [1.29, 1.82) is 0 Å². The van der Waals surface area contributed by atoms with Crippen LogP contribution in [0.15, 0.2) is 17.0 Å². The fraction of sp³-hybridized carbons (Fsp3) is 0.400. The Morgan fingerprint density at radius 3 is 2.69 bits per heavy atom. The number of hydrogen-bond acceptors (Lipinski definition) is 3. The van der Waals surface area contributed by atoms with Crippen molar-refractivity contribution in [3.63, 3.8) is 0 Å². The summed E-state index contributed by atoms with van der Waals surface area (Å²) in [6, 6.07) is 3.12. The molecule has 0 amide bonds. The highest BCUT2D eigenvalue weighted by atomic mass is 35.5. The molecule has 0 bridgehead atoms. The summed E-state index contributed by atoms with van der Waals surface area (Å²) >= 11 is 13.1. The van der Waals surface area contributed by atoms with E-state index in [0.29, 0.717) is 5.88 Å². The van der Waals surface area contributed by atoms with Gasteiger partial charge in [0.2, 0.25) is 0 Å². The van der Waals surface area contributed by atoms with Crippen molar-refractivity contribution in [3.05, 3.63) is 32.8 Å². The van der Waals surface area contributed by atoms with Gasteiger partial charge in [0.1, 0.15) is 5.02 Å². The van der Waals surface area contributed by atoms with Crippen LogP contribution in [0.25, 0.3) is 0 Å². The van der Waals surface area contributed by atoms with Gasteiger partial charge in [0.15, 0.2) is 0 Å². The molecule has 1 rings (SSSR count). The molecule has 1 atom stereocenters. The summed E-state index contributed by atoms with van der Waals surface area (Å²) in [6.45, 7) is 3.82. The van der Waals surface area contributed by atoms with Crippen molar-refractivity contribution in [2.45, 2.75) is 24.0 Å². The maximum atomic E-state index is 10.7. The van der Waals surface area contributed by atoms with Crippen LogP contribution in [0.3, 0.4) is 0 Å². The predicted octanol–water partition coefficient (Wildman–Crippen LogP) is 4.28. The lowest BCUT2D eigenvalue weighted by Crippen LogP contribution is -1.98. The molecule has 1 aromatic carbocycles. The summed E-state index contributed by atoms with van der Waals surface area (Å²) < 4.78 is 0. The average Bonchev–Trinajstić information content (AvgIpc) is 2.22. The molecule has 1 aromatic rings. The molecule has 0 heterocycles. The van der Waals surface area contributed by atoms with Gasteiger partial charge in [-0.25, -0.2) is 0 Å². The molecule has 16 heavy (non-hydrogen) atoms. The Morgan fingerprint density at radius 2 is 2.19 bits per heavy atom. The largest absolute Gasteiger partial charge is 0.288 e. The minimum atomic E-state index is -0.477. The van der Waals surface area contributed by atoms with Crippen molar-refractivity contribution in [2.24, 2.45) is 0 Å². The smallest absolute Gasteiger partial charge is 0.258 e. The Labute approximate surface area is 108 Å². The maximum absolute atomic E-state index is 10.7. The molecule has 0 saturated carbocycles. The number of nitrogens with zero attached hydrogens (tertiary/aromatic N) is 1. The summed E-state index contributed by atoms with van der Waals surface area (Å²) in [7, 11) is 0. The third kappa shape index (κ3) is 3.27. The second-order valence-electron chi connectivity index (χ2n) is 3.41. The highest BCUT2D eigenvalue weighted by Crippen LogP contribution is 2.34. The standard InChI is InChI=1S/C10H11Cl2NO2S/c1-6-3-9(13(14)15)8(12)4-10(6)16-7(2)5-11/h3-4,7H,5H2,1-2H3. The maximum Gasteiger partial charge on any atom is 0.288 e. The van der Waals surface area contributed by atoms with Crippen molar-refractivity contribution in [2.75, 3.05) is 5.88 Å². The molecule has 0 spiro atoms. The molecule has 0 radical (unpaired) electrons. The molecule has 88 valence electrons. The molecule has 0 aliphatic rings. The quantitative estimate of drug-likeness (QED) is 0.358. The van der Waals surface area contributed by atoms with Gasteiger partial charge in [-0.2, -0.15) is 0 Å². The first-order chi connectivity index (χ1) is 7.45. The zero-order chi connectivity index (χ0) is 12.3. The van der Waals surface area contributed by atoms with Gasteiger partial charge < -0.3 is 0 Å². The fourth-order valence-electron chi connectivity index (χ4n) is 1.16. The van der Waals surface area contributed by atoms with Crippen LogP contribution in [0.1, 0.15) is 12.5 Å². The number of alkyl halides is 1. The summed E-state index contributed by atoms with van der Waals surface area (Å²) in [6.07, 6.45) is 0. The molecule has 0 aliphatic heterocycles. The van der Waals surface area contributed by atoms with Gasteiger partial charge >= 0.3 is 0 Å². The minimum Gasteiger partial charge on any atom is -0.258 e. The Bertz CT molecular complexity index is 412. The second-order valence-corrected chi connectivity index (χ2v) is 5.61. The lowest BCUT2D eigenvalue weighted by atomic mass is 10.2. The Hall–Kier alpha value is -0.450.